The zero-order valence-electron chi connectivity index (χ0n) is 14.9. The number of guanidine groups is 1. The summed E-state index contributed by atoms with van der Waals surface area (Å²) in [6.45, 7) is 6.77. The summed E-state index contributed by atoms with van der Waals surface area (Å²) in [6, 6.07) is 3.79. The molecule has 25 heavy (non-hydrogen) atoms. The van der Waals surface area contributed by atoms with E-state index in [1.807, 2.05) is 18.5 Å². The largest absolute Gasteiger partial charge is 0.356 e. The maximum Gasteiger partial charge on any atom is 0.191 e. The van der Waals surface area contributed by atoms with Crippen LogP contribution in [0.4, 0.5) is 0 Å². The van der Waals surface area contributed by atoms with Crippen LogP contribution in [0, 0.1) is 5.92 Å². The molecule has 2 rings (SSSR count). The van der Waals surface area contributed by atoms with Crippen molar-refractivity contribution in [2.75, 3.05) is 13.6 Å². The van der Waals surface area contributed by atoms with Crippen LogP contribution in [0.1, 0.15) is 25.2 Å². The van der Waals surface area contributed by atoms with Crippen molar-refractivity contribution in [1.29, 1.82) is 0 Å². The van der Waals surface area contributed by atoms with Crippen molar-refractivity contribution in [3.05, 3.63) is 47.3 Å². The topological polar surface area (TPSA) is 67.1 Å². The van der Waals surface area contributed by atoms with E-state index in [2.05, 4.69) is 44.0 Å². The summed E-state index contributed by atoms with van der Waals surface area (Å²) in [6.07, 6.45) is 6.50. The van der Waals surface area contributed by atoms with Gasteiger partial charge in [0.1, 0.15) is 11.0 Å². The van der Waals surface area contributed by atoms with E-state index < -0.39 is 0 Å². The Hall–Kier alpha value is -1.35. The lowest BCUT2D eigenvalue weighted by Crippen LogP contribution is -2.38. The normalized spacial score (nSPS) is 11.3. The molecule has 0 saturated heterocycles. The predicted octanol–water partition coefficient (Wildman–Crippen LogP) is 3.11. The van der Waals surface area contributed by atoms with Crippen LogP contribution in [0.15, 0.2) is 35.7 Å². The minimum atomic E-state index is 0. The average Bonchev–Trinajstić information content (AvgIpc) is 2.99. The molecule has 0 aliphatic rings. The van der Waals surface area contributed by atoms with Gasteiger partial charge in [-0.3, -0.25) is 4.99 Å². The fourth-order valence-corrected chi connectivity index (χ4v) is 2.44. The number of imidazole rings is 1. The van der Waals surface area contributed by atoms with Crippen LogP contribution in [0.3, 0.4) is 0 Å². The van der Waals surface area contributed by atoms with Gasteiger partial charge in [0.05, 0.1) is 6.54 Å². The Kier molecular flexibility index (Phi) is 9.81. The van der Waals surface area contributed by atoms with Crippen molar-refractivity contribution >= 4 is 41.5 Å². The van der Waals surface area contributed by atoms with Crippen LogP contribution < -0.4 is 10.6 Å². The molecule has 2 N–H and O–H groups in total. The Bertz CT molecular complexity index is 653. The lowest BCUT2D eigenvalue weighted by molar-refractivity contribution is 0.503. The van der Waals surface area contributed by atoms with Gasteiger partial charge >= 0.3 is 0 Å². The van der Waals surface area contributed by atoms with Crippen LogP contribution in [-0.2, 0) is 19.5 Å². The quantitative estimate of drug-likeness (QED) is 0.279. The van der Waals surface area contributed by atoms with Crippen LogP contribution >= 0.6 is 35.6 Å². The molecular formula is C17H26ClIN6. The molecule has 138 valence electrons. The van der Waals surface area contributed by atoms with E-state index in [4.69, 9.17) is 11.6 Å². The van der Waals surface area contributed by atoms with E-state index in [-0.39, 0.29) is 24.0 Å². The highest BCUT2D eigenvalue weighted by Gasteiger charge is 2.06. The minimum absolute atomic E-state index is 0. The second-order valence-corrected chi connectivity index (χ2v) is 6.37. The van der Waals surface area contributed by atoms with Crippen molar-refractivity contribution in [2.24, 2.45) is 10.9 Å². The molecule has 0 aromatic carbocycles. The third-order valence-electron chi connectivity index (χ3n) is 3.50. The first-order valence-corrected chi connectivity index (χ1v) is 8.51. The summed E-state index contributed by atoms with van der Waals surface area (Å²) in [7, 11) is 1.76. The van der Waals surface area contributed by atoms with Gasteiger partial charge in [-0.25, -0.2) is 9.97 Å². The summed E-state index contributed by atoms with van der Waals surface area (Å²) in [5, 5.41) is 7.11. The van der Waals surface area contributed by atoms with E-state index in [1.54, 1.807) is 19.3 Å². The Balaban J connectivity index is 0.00000312. The third-order valence-corrected chi connectivity index (χ3v) is 3.72. The van der Waals surface area contributed by atoms with Crippen molar-refractivity contribution in [3.8, 4) is 0 Å². The Morgan fingerprint density at radius 1 is 1.28 bits per heavy atom. The number of hydrogen-bond acceptors (Lipinski definition) is 3. The van der Waals surface area contributed by atoms with Gasteiger partial charge in [0, 0.05) is 38.7 Å². The molecule has 0 radical (unpaired) electrons. The van der Waals surface area contributed by atoms with E-state index in [0.717, 1.165) is 36.9 Å². The fourth-order valence-electron chi connectivity index (χ4n) is 2.33. The van der Waals surface area contributed by atoms with Crippen molar-refractivity contribution in [1.82, 2.24) is 25.2 Å². The Morgan fingerprint density at radius 3 is 2.72 bits per heavy atom. The molecule has 0 fully saturated rings. The smallest absolute Gasteiger partial charge is 0.191 e. The van der Waals surface area contributed by atoms with E-state index >= 15 is 0 Å². The van der Waals surface area contributed by atoms with Crippen molar-refractivity contribution in [3.63, 3.8) is 0 Å². The van der Waals surface area contributed by atoms with E-state index in [9.17, 15) is 0 Å². The van der Waals surface area contributed by atoms with Gasteiger partial charge in [-0.2, -0.15) is 0 Å². The first-order chi connectivity index (χ1) is 11.6. The maximum absolute atomic E-state index is 5.79. The van der Waals surface area contributed by atoms with Gasteiger partial charge in [0.15, 0.2) is 5.96 Å². The van der Waals surface area contributed by atoms with Gasteiger partial charge in [-0.05, 0) is 24.0 Å². The molecule has 2 aromatic rings. The molecule has 0 spiro atoms. The third kappa shape index (κ3) is 7.60. The van der Waals surface area contributed by atoms with Gasteiger partial charge in [-0.15, -0.1) is 24.0 Å². The Labute approximate surface area is 171 Å². The van der Waals surface area contributed by atoms with E-state index in [1.165, 1.54) is 0 Å². The molecule has 2 aromatic heterocycles. The molecule has 0 unspecified atom stereocenters. The first kappa shape index (κ1) is 21.7. The highest BCUT2D eigenvalue weighted by atomic mass is 127. The van der Waals surface area contributed by atoms with Gasteiger partial charge in [0.25, 0.3) is 0 Å². The number of hydrogen-bond donors (Lipinski definition) is 2. The lowest BCUT2D eigenvalue weighted by Gasteiger charge is -2.14. The molecule has 6 nitrogen and oxygen atoms in total. The Morgan fingerprint density at radius 2 is 2.08 bits per heavy atom. The molecule has 2 heterocycles. The van der Waals surface area contributed by atoms with Crippen molar-refractivity contribution in [2.45, 2.75) is 33.4 Å². The van der Waals surface area contributed by atoms with E-state index in [0.29, 0.717) is 17.6 Å². The maximum atomic E-state index is 5.79. The van der Waals surface area contributed by atoms with Crippen LogP contribution in [0.25, 0.3) is 0 Å². The number of rotatable bonds is 7. The van der Waals surface area contributed by atoms with Crippen LogP contribution in [-0.4, -0.2) is 34.1 Å². The minimum Gasteiger partial charge on any atom is -0.356 e. The molecule has 0 atom stereocenters. The summed E-state index contributed by atoms with van der Waals surface area (Å²) in [4.78, 5) is 12.7. The second kappa shape index (κ2) is 11.3. The fraction of sp³-hybridized carbons (Fsp3) is 0.471. The number of nitrogens with zero attached hydrogens (tertiary/aromatic N) is 4. The predicted molar refractivity (Wildman–Crippen MR) is 114 cm³/mol. The monoisotopic (exact) mass is 476 g/mol. The number of halogens is 2. The number of aromatic nitrogens is 3. The SMILES string of the molecule is CN=C(NCCc1ccc(Cl)nc1)NCc1nccn1CC(C)C.I. The zero-order chi connectivity index (χ0) is 17.4. The summed E-state index contributed by atoms with van der Waals surface area (Å²) in [5.74, 6) is 2.35. The van der Waals surface area contributed by atoms with Crippen LogP contribution in [0.5, 0.6) is 0 Å². The standard InChI is InChI=1S/C17H25ClN6.HI/c1-13(2)12-24-9-8-20-16(24)11-23-17(19-3)21-7-6-14-4-5-15(18)22-10-14;/h4-5,8-10,13H,6-7,11-12H2,1-3H3,(H2,19,21,23);1H. The van der Waals surface area contributed by atoms with Gasteiger partial charge < -0.3 is 15.2 Å². The molecule has 0 aliphatic carbocycles. The van der Waals surface area contributed by atoms with Gasteiger partial charge in [-0.1, -0.05) is 31.5 Å². The van der Waals surface area contributed by atoms with Crippen molar-refractivity contribution < 1.29 is 0 Å². The molecule has 0 amide bonds. The number of nitrogens with one attached hydrogen (secondary N) is 2. The molecule has 8 heteroatoms. The average molecular weight is 477 g/mol. The summed E-state index contributed by atoms with van der Waals surface area (Å²) in [5.41, 5.74) is 1.13. The van der Waals surface area contributed by atoms with Crippen LogP contribution in [0.2, 0.25) is 5.15 Å². The zero-order valence-corrected chi connectivity index (χ0v) is 18.0. The molecule has 0 saturated carbocycles. The number of pyridine rings is 1. The second-order valence-electron chi connectivity index (χ2n) is 5.98. The molecular weight excluding hydrogens is 451 g/mol. The first-order valence-electron chi connectivity index (χ1n) is 8.13. The highest BCUT2D eigenvalue weighted by molar-refractivity contribution is 14.0. The summed E-state index contributed by atoms with van der Waals surface area (Å²) >= 11 is 5.79. The highest BCUT2D eigenvalue weighted by Crippen LogP contribution is 2.05. The number of aliphatic imine (C=N–C) groups is 1. The molecule has 0 bridgehead atoms. The summed E-state index contributed by atoms with van der Waals surface area (Å²) < 4.78 is 2.17. The lowest BCUT2D eigenvalue weighted by atomic mass is 10.2. The van der Waals surface area contributed by atoms with Gasteiger partial charge in [0.2, 0.25) is 0 Å². The molecule has 0 aliphatic heterocycles.